The summed E-state index contributed by atoms with van der Waals surface area (Å²) in [5.41, 5.74) is 6.80. The van der Waals surface area contributed by atoms with Gasteiger partial charge in [-0.2, -0.15) is 0 Å². The lowest BCUT2D eigenvalue weighted by molar-refractivity contribution is 0.729. The van der Waals surface area contributed by atoms with Crippen molar-refractivity contribution in [2.75, 3.05) is 17.7 Å². The van der Waals surface area contributed by atoms with E-state index in [0.717, 1.165) is 5.56 Å². The highest BCUT2D eigenvalue weighted by atomic mass is 35.5. The van der Waals surface area contributed by atoms with Gasteiger partial charge in [0.2, 0.25) is 0 Å². The van der Waals surface area contributed by atoms with Gasteiger partial charge >= 0.3 is 0 Å². The van der Waals surface area contributed by atoms with E-state index in [1.807, 2.05) is 43.1 Å². The van der Waals surface area contributed by atoms with Crippen molar-refractivity contribution in [1.29, 1.82) is 0 Å². The second kappa shape index (κ2) is 6.08. The van der Waals surface area contributed by atoms with Crippen LogP contribution in [0.5, 0.6) is 0 Å². The average Bonchev–Trinajstić information content (AvgIpc) is 2.41. The Balaban J connectivity index is 2.36. The Bertz CT molecular complexity index is 631. The van der Waals surface area contributed by atoms with E-state index in [9.17, 15) is 0 Å². The van der Waals surface area contributed by atoms with E-state index in [1.165, 1.54) is 0 Å². The second-order valence-corrected chi connectivity index (χ2v) is 5.75. The third-order valence-electron chi connectivity index (χ3n) is 3.18. The maximum absolute atomic E-state index is 6.19. The Kier molecular flexibility index (Phi) is 4.63. The van der Waals surface area contributed by atoms with Crippen LogP contribution in [0.25, 0.3) is 0 Å². The summed E-state index contributed by atoms with van der Waals surface area (Å²) in [5, 5.41) is 1.50. The van der Waals surface area contributed by atoms with Crippen LogP contribution in [0.4, 0.5) is 11.6 Å². The van der Waals surface area contributed by atoms with Crippen LogP contribution in [0.2, 0.25) is 15.1 Å². The van der Waals surface area contributed by atoms with Gasteiger partial charge in [-0.05, 0) is 30.7 Å². The molecule has 0 bridgehead atoms. The molecule has 0 aliphatic carbocycles. The number of hydrogen-bond acceptors (Lipinski definition) is 3. The van der Waals surface area contributed by atoms with Crippen molar-refractivity contribution in [3.05, 3.63) is 51.0 Å². The number of hydrogen-bond donors (Lipinski definition) is 1. The predicted octanol–water partition coefficient (Wildman–Crippen LogP) is 4.82. The van der Waals surface area contributed by atoms with Crippen LogP contribution < -0.4 is 10.6 Å². The molecule has 1 unspecified atom stereocenters. The molecule has 0 saturated carbocycles. The predicted molar refractivity (Wildman–Crippen MR) is 86.9 cm³/mol. The van der Waals surface area contributed by atoms with Gasteiger partial charge in [0.1, 0.15) is 11.6 Å². The molecule has 0 fully saturated rings. The van der Waals surface area contributed by atoms with Crippen LogP contribution in [0, 0.1) is 0 Å². The van der Waals surface area contributed by atoms with Gasteiger partial charge in [-0.15, -0.1) is 0 Å². The van der Waals surface area contributed by atoms with Crippen molar-refractivity contribution < 1.29 is 0 Å². The van der Waals surface area contributed by atoms with Crippen LogP contribution in [-0.4, -0.2) is 12.0 Å². The molecular weight excluding hydrogens is 317 g/mol. The van der Waals surface area contributed by atoms with Crippen molar-refractivity contribution >= 4 is 46.4 Å². The first-order chi connectivity index (χ1) is 9.40. The number of anilines is 2. The van der Waals surface area contributed by atoms with E-state index < -0.39 is 0 Å². The quantitative estimate of drug-likeness (QED) is 0.877. The molecule has 0 saturated heterocycles. The van der Waals surface area contributed by atoms with E-state index in [0.29, 0.717) is 20.9 Å². The van der Waals surface area contributed by atoms with Gasteiger partial charge in [-0.1, -0.05) is 46.9 Å². The van der Waals surface area contributed by atoms with Crippen molar-refractivity contribution in [2.45, 2.75) is 13.0 Å². The molecular formula is C14H14Cl3N3. The SMILES string of the molecule is CC(c1cccc(Cl)c1)N(C)c1nc(N)c(Cl)cc1Cl. The fraction of sp³-hybridized carbons (Fsp3) is 0.214. The highest BCUT2D eigenvalue weighted by Gasteiger charge is 2.18. The van der Waals surface area contributed by atoms with Crippen molar-refractivity contribution in [2.24, 2.45) is 0 Å². The number of nitrogens with zero attached hydrogens (tertiary/aromatic N) is 2. The van der Waals surface area contributed by atoms with Crippen molar-refractivity contribution in [3.63, 3.8) is 0 Å². The lowest BCUT2D eigenvalue weighted by Crippen LogP contribution is -2.23. The smallest absolute Gasteiger partial charge is 0.150 e. The second-order valence-electron chi connectivity index (χ2n) is 4.50. The van der Waals surface area contributed by atoms with E-state index in [4.69, 9.17) is 40.5 Å². The molecule has 20 heavy (non-hydrogen) atoms. The largest absolute Gasteiger partial charge is 0.382 e. The number of nitrogens with two attached hydrogens (primary N) is 1. The molecule has 0 aliphatic heterocycles. The number of aromatic nitrogens is 1. The van der Waals surface area contributed by atoms with E-state index in [1.54, 1.807) is 6.07 Å². The fourth-order valence-electron chi connectivity index (χ4n) is 1.89. The van der Waals surface area contributed by atoms with Gasteiger partial charge < -0.3 is 10.6 Å². The first-order valence-corrected chi connectivity index (χ1v) is 7.13. The molecule has 2 aromatic rings. The lowest BCUT2D eigenvalue weighted by atomic mass is 10.1. The summed E-state index contributed by atoms with van der Waals surface area (Å²) in [4.78, 5) is 6.18. The first-order valence-electron chi connectivity index (χ1n) is 6.00. The van der Waals surface area contributed by atoms with Gasteiger partial charge in [0, 0.05) is 12.1 Å². The average molecular weight is 331 g/mol. The molecule has 2 rings (SSSR count). The van der Waals surface area contributed by atoms with Gasteiger partial charge in [0.25, 0.3) is 0 Å². The van der Waals surface area contributed by atoms with Crippen LogP contribution in [-0.2, 0) is 0 Å². The van der Waals surface area contributed by atoms with Gasteiger partial charge in [0.15, 0.2) is 0 Å². The summed E-state index contributed by atoms with van der Waals surface area (Å²) in [6.45, 7) is 2.04. The Morgan fingerprint density at radius 1 is 1.15 bits per heavy atom. The highest BCUT2D eigenvalue weighted by molar-refractivity contribution is 6.37. The Labute approximate surface area is 133 Å². The number of halogens is 3. The van der Waals surface area contributed by atoms with Crippen molar-refractivity contribution in [3.8, 4) is 0 Å². The van der Waals surface area contributed by atoms with Crippen LogP contribution >= 0.6 is 34.8 Å². The Morgan fingerprint density at radius 2 is 1.85 bits per heavy atom. The van der Waals surface area contributed by atoms with Gasteiger partial charge in [-0.25, -0.2) is 4.98 Å². The third kappa shape index (κ3) is 3.11. The zero-order chi connectivity index (χ0) is 14.9. The number of nitrogen functional groups attached to an aromatic ring is 1. The zero-order valence-electron chi connectivity index (χ0n) is 11.1. The monoisotopic (exact) mass is 329 g/mol. The van der Waals surface area contributed by atoms with E-state index in [2.05, 4.69) is 4.98 Å². The normalized spacial score (nSPS) is 12.2. The summed E-state index contributed by atoms with van der Waals surface area (Å²) < 4.78 is 0. The Morgan fingerprint density at radius 3 is 2.50 bits per heavy atom. The molecule has 1 aromatic heterocycles. The third-order valence-corrected chi connectivity index (χ3v) is 4.00. The summed E-state index contributed by atoms with van der Waals surface area (Å²) in [7, 11) is 1.90. The molecule has 106 valence electrons. The number of benzene rings is 1. The van der Waals surface area contributed by atoms with Gasteiger partial charge in [0.05, 0.1) is 16.1 Å². The van der Waals surface area contributed by atoms with Gasteiger partial charge in [-0.3, -0.25) is 0 Å². The molecule has 3 nitrogen and oxygen atoms in total. The molecule has 1 heterocycles. The lowest BCUT2D eigenvalue weighted by Gasteiger charge is -2.27. The maximum Gasteiger partial charge on any atom is 0.150 e. The minimum Gasteiger partial charge on any atom is -0.382 e. The molecule has 6 heteroatoms. The van der Waals surface area contributed by atoms with Crippen LogP contribution in [0.3, 0.4) is 0 Å². The zero-order valence-corrected chi connectivity index (χ0v) is 13.3. The Hall–Kier alpha value is -1.16. The van der Waals surface area contributed by atoms with E-state index >= 15 is 0 Å². The topological polar surface area (TPSA) is 42.2 Å². The fourth-order valence-corrected chi connectivity index (χ4v) is 2.58. The molecule has 0 spiro atoms. The molecule has 1 atom stereocenters. The first kappa shape index (κ1) is 15.2. The summed E-state index contributed by atoms with van der Waals surface area (Å²) in [6.07, 6.45) is 0. The molecule has 2 N–H and O–H groups in total. The van der Waals surface area contributed by atoms with Crippen LogP contribution in [0.1, 0.15) is 18.5 Å². The van der Waals surface area contributed by atoms with Crippen molar-refractivity contribution in [1.82, 2.24) is 4.98 Å². The molecule has 0 amide bonds. The summed E-state index contributed by atoms with van der Waals surface area (Å²) in [6, 6.07) is 9.30. The molecule has 0 radical (unpaired) electrons. The van der Waals surface area contributed by atoms with Crippen LogP contribution in [0.15, 0.2) is 30.3 Å². The standard InChI is InChI=1S/C14H14Cl3N3/c1-8(9-4-3-5-10(15)6-9)20(2)14-12(17)7-11(16)13(18)19-14/h3-8H,1-2H3,(H2,18,19). The molecule has 1 aromatic carbocycles. The maximum atomic E-state index is 6.19. The number of rotatable bonds is 3. The van der Waals surface area contributed by atoms with E-state index in [-0.39, 0.29) is 11.9 Å². The summed E-state index contributed by atoms with van der Waals surface area (Å²) in [5.74, 6) is 0.845. The molecule has 0 aliphatic rings. The highest BCUT2D eigenvalue weighted by Crippen LogP contribution is 2.33. The minimum atomic E-state index is 0.0410. The summed E-state index contributed by atoms with van der Waals surface area (Å²) >= 11 is 18.1. The minimum absolute atomic E-state index is 0.0410. The number of pyridine rings is 1.